The van der Waals surface area contributed by atoms with E-state index in [1.54, 1.807) is 27.4 Å². The van der Waals surface area contributed by atoms with Gasteiger partial charge in [0, 0.05) is 5.57 Å². The fourth-order valence-electron chi connectivity index (χ4n) is 0.656. The third-order valence-electron chi connectivity index (χ3n) is 1.98. The third-order valence-corrected chi connectivity index (χ3v) is 3.82. The van der Waals surface area contributed by atoms with Crippen LogP contribution in [-0.4, -0.2) is 31.2 Å². The second-order valence-corrected chi connectivity index (χ2v) is 6.15. The molecule has 0 N–H and O–H groups in total. The van der Waals surface area contributed by atoms with Gasteiger partial charge in [-0.3, -0.25) is 0 Å². The van der Waals surface area contributed by atoms with E-state index < -0.39 is 19.1 Å². The Bertz CT molecular complexity index is 271. The fourth-order valence-corrected chi connectivity index (χ4v) is 0.961. The summed E-state index contributed by atoms with van der Waals surface area (Å²) >= 11 is 0. The van der Waals surface area contributed by atoms with Crippen molar-refractivity contribution in [3.05, 3.63) is 12.2 Å². The zero-order valence-electron chi connectivity index (χ0n) is 9.75. The Hall–Kier alpha value is -0.600. The Morgan fingerprint density at radius 2 is 1.93 bits per heavy atom. The SMILES string of the molecule is C=C(C)C(=O)OCCOC(C)(C)[PH](C)=O. The monoisotopic (exact) mass is 234 g/mol. The minimum absolute atomic E-state index is 0.157. The summed E-state index contributed by atoms with van der Waals surface area (Å²) in [5, 5.41) is -0.639. The molecule has 4 nitrogen and oxygen atoms in total. The Morgan fingerprint density at radius 1 is 1.40 bits per heavy atom. The van der Waals surface area contributed by atoms with Gasteiger partial charge in [0.05, 0.1) is 6.61 Å². The predicted octanol–water partition coefficient (Wildman–Crippen LogP) is 2.05. The van der Waals surface area contributed by atoms with Crippen molar-refractivity contribution in [1.82, 2.24) is 0 Å². The van der Waals surface area contributed by atoms with Crippen LogP contribution < -0.4 is 0 Å². The summed E-state index contributed by atoms with van der Waals surface area (Å²) in [7, 11) is -1.76. The standard InChI is InChI=1S/C10H19O4P/c1-8(2)9(11)13-6-7-14-10(3,4)15(5)12/h15H,1,6-7H2,2-5H3. The van der Waals surface area contributed by atoms with Gasteiger partial charge in [0.1, 0.15) is 19.8 Å². The molecule has 0 amide bonds. The van der Waals surface area contributed by atoms with Gasteiger partial charge in [0.2, 0.25) is 0 Å². The number of carbonyl (C=O) groups excluding carboxylic acids is 1. The maximum Gasteiger partial charge on any atom is 0.333 e. The topological polar surface area (TPSA) is 52.6 Å². The Morgan fingerprint density at radius 3 is 2.33 bits per heavy atom. The Balaban J connectivity index is 3.77. The highest BCUT2D eigenvalue weighted by Gasteiger charge is 2.22. The molecule has 0 aromatic heterocycles. The molecule has 0 aliphatic heterocycles. The van der Waals surface area contributed by atoms with Gasteiger partial charge >= 0.3 is 5.97 Å². The van der Waals surface area contributed by atoms with E-state index in [9.17, 15) is 9.36 Å². The van der Waals surface area contributed by atoms with Gasteiger partial charge in [-0.15, -0.1) is 0 Å². The highest BCUT2D eigenvalue weighted by Crippen LogP contribution is 2.35. The van der Waals surface area contributed by atoms with Crippen molar-refractivity contribution in [2.75, 3.05) is 19.9 Å². The second-order valence-electron chi connectivity index (χ2n) is 3.83. The van der Waals surface area contributed by atoms with E-state index in [1.807, 2.05) is 0 Å². The van der Waals surface area contributed by atoms with Crippen molar-refractivity contribution in [2.24, 2.45) is 0 Å². The average Bonchev–Trinajstić information content (AvgIpc) is 2.11. The van der Waals surface area contributed by atoms with Crippen LogP contribution in [0.1, 0.15) is 20.8 Å². The lowest BCUT2D eigenvalue weighted by molar-refractivity contribution is -0.141. The molecule has 1 unspecified atom stereocenters. The van der Waals surface area contributed by atoms with Crippen LogP contribution in [0.5, 0.6) is 0 Å². The van der Waals surface area contributed by atoms with Gasteiger partial charge in [0.25, 0.3) is 0 Å². The normalized spacial score (nSPS) is 13.3. The van der Waals surface area contributed by atoms with Gasteiger partial charge in [-0.05, 0) is 27.4 Å². The van der Waals surface area contributed by atoms with Gasteiger partial charge in [-0.25, -0.2) is 4.79 Å². The molecule has 0 spiro atoms. The Labute approximate surface area is 91.4 Å². The van der Waals surface area contributed by atoms with Crippen molar-refractivity contribution < 1.29 is 18.8 Å². The van der Waals surface area contributed by atoms with E-state index in [1.165, 1.54) is 0 Å². The first-order valence-electron chi connectivity index (χ1n) is 4.75. The lowest BCUT2D eigenvalue weighted by atomic mass is 10.4. The molecule has 0 heterocycles. The predicted molar refractivity (Wildman–Crippen MR) is 60.7 cm³/mol. The Kier molecular flexibility index (Phi) is 5.84. The molecule has 15 heavy (non-hydrogen) atoms. The van der Waals surface area contributed by atoms with E-state index >= 15 is 0 Å². The van der Waals surface area contributed by atoms with E-state index in [0.717, 1.165) is 0 Å². The summed E-state index contributed by atoms with van der Waals surface area (Å²) < 4.78 is 21.4. The van der Waals surface area contributed by atoms with Crippen LogP contribution in [0.2, 0.25) is 0 Å². The molecule has 0 aliphatic carbocycles. The molecule has 0 aliphatic rings. The number of esters is 1. The van der Waals surface area contributed by atoms with Crippen LogP contribution in [0.4, 0.5) is 0 Å². The van der Waals surface area contributed by atoms with Crippen LogP contribution in [-0.2, 0) is 18.8 Å². The quantitative estimate of drug-likeness (QED) is 0.305. The summed E-state index contributed by atoms with van der Waals surface area (Å²) in [4.78, 5) is 11.0. The van der Waals surface area contributed by atoms with Crippen molar-refractivity contribution in [3.8, 4) is 0 Å². The van der Waals surface area contributed by atoms with Gasteiger partial charge < -0.3 is 14.0 Å². The van der Waals surface area contributed by atoms with Crippen LogP contribution in [0, 0.1) is 0 Å². The van der Waals surface area contributed by atoms with Crippen molar-refractivity contribution >= 4 is 13.8 Å². The van der Waals surface area contributed by atoms with Crippen molar-refractivity contribution in [1.29, 1.82) is 0 Å². The summed E-state index contributed by atoms with van der Waals surface area (Å²) in [5.41, 5.74) is 0.360. The fraction of sp³-hybridized carbons (Fsp3) is 0.700. The van der Waals surface area contributed by atoms with E-state index in [2.05, 4.69) is 6.58 Å². The minimum atomic E-state index is -1.76. The average molecular weight is 234 g/mol. The molecule has 0 rings (SSSR count). The van der Waals surface area contributed by atoms with Crippen molar-refractivity contribution in [2.45, 2.75) is 26.1 Å². The largest absolute Gasteiger partial charge is 0.460 e. The first-order valence-corrected chi connectivity index (χ1v) is 6.66. The lowest BCUT2D eigenvalue weighted by Gasteiger charge is -2.22. The number of carbonyl (C=O) groups is 1. The molecule has 0 fully saturated rings. The number of hydrogen-bond acceptors (Lipinski definition) is 4. The molecule has 0 bridgehead atoms. The summed E-state index contributed by atoms with van der Waals surface area (Å²) in [5.74, 6) is -0.430. The summed E-state index contributed by atoms with van der Waals surface area (Å²) in [6.07, 6.45) is 0. The number of hydrogen-bond donors (Lipinski definition) is 0. The lowest BCUT2D eigenvalue weighted by Crippen LogP contribution is -2.22. The molecule has 5 heteroatoms. The van der Waals surface area contributed by atoms with Gasteiger partial charge in [-0.1, -0.05) is 6.58 Å². The van der Waals surface area contributed by atoms with Gasteiger partial charge in [-0.2, -0.15) is 0 Å². The molecule has 0 saturated carbocycles. The molecule has 0 saturated heterocycles. The van der Waals surface area contributed by atoms with Crippen LogP contribution in [0.25, 0.3) is 0 Å². The molecule has 88 valence electrons. The second kappa shape index (κ2) is 6.09. The zero-order valence-corrected chi connectivity index (χ0v) is 10.8. The van der Waals surface area contributed by atoms with Gasteiger partial charge in [0.15, 0.2) is 0 Å². The summed E-state index contributed by atoms with van der Waals surface area (Å²) in [6, 6.07) is 0. The van der Waals surface area contributed by atoms with Crippen molar-refractivity contribution in [3.63, 3.8) is 0 Å². The van der Waals surface area contributed by atoms with Crippen LogP contribution >= 0.6 is 7.80 Å². The molecule has 0 radical (unpaired) electrons. The third kappa shape index (κ3) is 5.75. The maximum atomic E-state index is 11.2. The molecule has 0 aromatic rings. The zero-order chi connectivity index (χ0) is 12.1. The van der Waals surface area contributed by atoms with Crippen LogP contribution in [0.3, 0.4) is 0 Å². The smallest absolute Gasteiger partial charge is 0.333 e. The molecular formula is C10H19O4P. The van der Waals surface area contributed by atoms with Crippen LogP contribution in [0.15, 0.2) is 12.2 Å². The number of ether oxygens (including phenoxy) is 2. The molecular weight excluding hydrogens is 215 g/mol. The number of rotatable bonds is 6. The van der Waals surface area contributed by atoms with E-state index in [4.69, 9.17) is 9.47 Å². The molecule has 0 aromatic carbocycles. The highest BCUT2D eigenvalue weighted by atomic mass is 31.1. The highest BCUT2D eigenvalue weighted by molar-refractivity contribution is 7.45. The van der Waals surface area contributed by atoms with E-state index in [0.29, 0.717) is 5.57 Å². The first-order chi connectivity index (χ1) is 6.77. The first kappa shape index (κ1) is 14.4. The van der Waals surface area contributed by atoms with E-state index in [-0.39, 0.29) is 13.2 Å². The maximum absolute atomic E-state index is 11.2. The minimum Gasteiger partial charge on any atom is -0.460 e. The summed E-state index contributed by atoms with van der Waals surface area (Å²) in [6.45, 7) is 10.6. The molecule has 1 atom stereocenters.